The number of halogens is 1. The molecule has 106 valence electrons. The number of rotatable bonds is 4. The molecule has 0 aliphatic rings. The summed E-state index contributed by atoms with van der Waals surface area (Å²) in [6, 6.07) is 13.0. The van der Waals surface area contributed by atoms with Crippen molar-refractivity contribution in [3.05, 3.63) is 65.0 Å². The Balaban J connectivity index is 2.36. The zero-order valence-electron chi connectivity index (χ0n) is 12.2. The second-order valence-corrected chi connectivity index (χ2v) is 5.16. The molecule has 1 unspecified atom stereocenters. The molecule has 2 rings (SSSR count). The van der Waals surface area contributed by atoms with Crippen molar-refractivity contribution in [2.45, 2.75) is 19.9 Å². The molecule has 2 N–H and O–H groups in total. The fourth-order valence-electron chi connectivity index (χ4n) is 2.40. The van der Waals surface area contributed by atoms with Crippen LogP contribution in [0.2, 0.25) is 0 Å². The largest absolute Gasteiger partial charge is 0.364 e. The first-order chi connectivity index (χ1) is 9.54. The third-order valence-corrected chi connectivity index (χ3v) is 3.84. The smallest absolute Gasteiger partial charge is 0.146 e. The van der Waals surface area contributed by atoms with Gasteiger partial charge in [0.2, 0.25) is 0 Å². The first-order valence-corrected chi connectivity index (χ1v) is 6.79. The quantitative estimate of drug-likeness (QED) is 0.921. The van der Waals surface area contributed by atoms with Crippen LogP contribution in [0.3, 0.4) is 0 Å². The number of likely N-dealkylation sites (N-methyl/N-ethyl adjacent to an activating group) is 1. The summed E-state index contributed by atoms with van der Waals surface area (Å²) in [4.78, 5) is 1.90. The lowest BCUT2D eigenvalue weighted by Crippen LogP contribution is -2.31. The van der Waals surface area contributed by atoms with Crippen molar-refractivity contribution < 1.29 is 4.39 Å². The van der Waals surface area contributed by atoms with Crippen molar-refractivity contribution in [2.24, 2.45) is 5.73 Å². The average molecular weight is 272 g/mol. The Labute approximate surface area is 120 Å². The topological polar surface area (TPSA) is 29.3 Å². The minimum Gasteiger partial charge on any atom is -0.364 e. The van der Waals surface area contributed by atoms with Crippen LogP contribution in [-0.2, 0) is 0 Å². The molecule has 0 amide bonds. The first-order valence-electron chi connectivity index (χ1n) is 6.79. The van der Waals surface area contributed by atoms with Crippen LogP contribution in [0.5, 0.6) is 0 Å². The molecule has 0 aliphatic heterocycles. The van der Waals surface area contributed by atoms with E-state index in [1.807, 2.05) is 18.0 Å². The van der Waals surface area contributed by atoms with Crippen molar-refractivity contribution in [2.75, 3.05) is 18.5 Å². The van der Waals surface area contributed by atoms with Gasteiger partial charge in [0.1, 0.15) is 5.82 Å². The highest BCUT2D eigenvalue weighted by Gasteiger charge is 2.18. The number of nitrogens with zero attached hydrogens (tertiary/aromatic N) is 1. The van der Waals surface area contributed by atoms with E-state index in [1.54, 1.807) is 12.1 Å². The number of hydrogen-bond donors (Lipinski definition) is 1. The van der Waals surface area contributed by atoms with Crippen LogP contribution in [0, 0.1) is 19.7 Å². The summed E-state index contributed by atoms with van der Waals surface area (Å²) in [5, 5.41) is 0. The van der Waals surface area contributed by atoms with Crippen LogP contribution >= 0.6 is 0 Å². The van der Waals surface area contributed by atoms with Gasteiger partial charge in [-0.2, -0.15) is 0 Å². The van der Waals surface area contributed by atoms with Gasteiger partial charge < -0.3 is 10.6 Å². The molecule has 1 atom stereocenters. The SMILES string of the molecule is Cc1ccc(C(CN)N(C)c2ccccc2F)cc1C. The van der Waals surface area contributed by atoms with Crippen LogP contribution < -0.4 is 10.6 Å². The highest BCUT2D eigenvalue weighted by Crippen LogP contribution is 2.28. The zero-order valence-corrected chi connectivity index (χ0v) is 12.2. The molecule has 0 saturated heterocycles. The molecule has 0 fully saturated rings. The number of para-hydroxylation sites is 1. The summed E-state index contributed by atoms with van der Waals surface area (Å²) in [6.45, 7) is 4.60. The molecule has 0 radical (unpaired) electrons. The normalized spacial score (nSPS) is 12.2. The van der Waals surface area contributed by atoms with E-state index in [9.17, 15) is 4.39 Å². The Kier molecular flexibility index (Phi) is 4.40. The summed E-state index contributed by atoms with van der Waals surface area (Å²) in [5.74, 6) is -0.225. The molecule has 0 aliphatic carbocycles. The van der Waals surface area contributed by atoms with Gasteiger partial charge in [-0.1, -0.05) is 30.3 Å². The second-order valence-electron chi connectivity index (χ2n) is 5.16. The third-order valence-electron chi connectivity index (χ3n) is 3.84. The van der Waals surface area contributed by atoms with Gasteiger partial charge in [0, 0.05) is 13.6 Å². The molecule has 3 heteroatoms. The number of nitrogens with two attached hydrogens (primary N) is 1. The van der Waals surface area contributed by atoms with E-state index in [-0.39, 0.29) is 11.9 Å². The van der Waals surface area contributed by atoms with E-state index in [2.05, 4.69) is 32.0 Å². The van der Waals surface area contributed by atoms with E-state index >= 15 is 0 Å². The number of benzene rings is 2. The monoisotopic (exact) mass is 272 g/mol. The minimum absolute atomic E-state index is 0.0359. The molecular weight excluding hydrogens is 251 g/mol. The Morgan fingerprint density at radius 2 is 1.80 bits per heavy atom. The summed E-state index contributed by atoms with van der Waals surface area (Å²) in [6.07, 6.45) is 0. The molecule has 0 saturated carbocycles. The van der Waals surface area contributed by atoms with Crippen LogP contribution in [0.15, 0.2) is 42.5 Å². The number of anilines is 1. The molecule has 2 aromatic rings. The summed E-state index contributed by atoms with van der Waals surface area (Å²) in [7, 11) is 1.88. The van der Waals surface area contributed by atoms with Gasteiger partial charge >= 0.3 is 0 Å². The van der Waals surface area contributed by atoms with Gasteiger partial charge in [-0.05, 0) is 42.7 Å². The fraction of sp³-hybridized carbons (Fsp3) is 0.294. The van der Waals surface area contributed by atoms with E-state index in [0.717, 1.165) is 5.56 Å². The van der Waals surface area contributed by atoms with Crippen LogP contribution in [0.1, 0.15) is 22.7 Å². The number of aryl methyl sites for hydroxylation is 2. The van der Waals surface area contributed by atoms with Crippen LogP contribution in [-0.4, -0.2) is 13.6 Å². The Morgan fingerprint density at radius 3 is 2.40 bits per heavy atom. The van der Waals surface area contributed by atoms with Gasteiger partial charge in [-0.3, -0.25) is 0 Å². The third kappa shape index (κ3) is 2.83. The standard InChI is InChI=1S/C17H21FN2/c1-12-8-9-14(10-13(12)2)17(11-19)20(3)16-7-5-4-6-15(16)18/h4-10,17H,11,19H2,1-3H3. The van der Waals surface area contributed by atoms with Gasteiger partial charge in [-0.25, -0.2) is 4.39 Å². The van der Waals surface area contributed by atoms with Crippen molar-refractivity contribution in [3.63, 3.8) is 0 Å². The van der Waals surface area contributed by atoms with Gasteiger partial charge in [0.05, 0.1) is 11.7 Å². The Hall–Kier alpha value is -1.87. The van der Waals surface area contributed by atoms with Crippen LogP contribution in [0.4, 0.5) is 10.1 Å². The number of hydrogen-bond acceptors (Lipinski definition) is 2. The van der Waals surface area contributed by atoms with Gasteiger partial charge in [-0.15, -0.1) is 0 Å². The fourth-order valence-corrected chi connectivity index (χ4v) is 2.40. The first kappa shape index (κ1) is 14.5. The molecule has 0 bridgehead atoms. The van der Waals surface area contributed by atoms with Crippen molar-refractivity contribution in [1.29, 1.82) is 0 Å². The molecule has 20 heavy (non-hydrogen) atoms. The summed E-state index contributed by atoms with van der Waals surface area (Å²) >= 11 is 0. The Bertz CT molecular complexity index is 595. The summed E-state index contributed by atoms with van der Waals surface area (Å²) in [5.41, 5.74) is 10.1. The molecule has 0 aromatic heterocycles. The van der Waals surface area contributed by atoms with E-state index in [4.69, 9.17) is 5.73 Å². The molecule has 2 aromatic carbocycles. The molecular formula is C17H21FN2. The van der Waals surface area contributed by atoms with Crippen molar-refractivity contribution >= 4 is 5.69 Å². The Morgan fingerprint density at radius 1 is 1.10 bits per heavy atom. The van der Waals surface area contributed by atoms with Crippen LogP contribution in [0.25, 0.3) is 0 Å². The predicted octanol–water partition coefficient (Wildman–Crippen LogP) is 3.58. The van der Waals surface area contributed by atoms with E-state index in [1.165, 1.54) is 17.2 Å². The molecule has 0 heterocycles. The van der Waals surface area contributed by atoms with Crippen molar-refractivity contribution in [1.82, 2.24) is 0 Å². The van der Waals surface area contributed by atoms with E-state index in [0.29, 0.717) is 12.2 Å². The highest BCUT2D eigenvalue weighted by molar-refractivity contribution is 5.50. The maximum atomic E-state index is 13.9. The molecule has 2 nitrogen and oxygen atoms in total. The lowest BCUT2D eigenvalue weighted by Gasteiger charge is -2.30. The molecule has 0 spiro atoms. The second kappa shape index (κ2) is 6.06. The average Bonchev–Trinajstić information content (AvgIpc) is 2.44. The minimum atomic E-state index is -0.225. The zero-order chi connectivity index (χ0) is 14.7. The lowest BCUT2D eigenvalue weighted by atomic mass is 10.00. The lowest BCUT2D eigenvalue weighted by molar-refractivity contribution is 0.603. The summed E-state index contributed by atoms with van der Waals surface area (Å²) < 4.78 is 13.9. The van der Waals surface area contributed by atoms with Crippen molar-refractivity contribution in [3.8, 4) is 0 Å². The van der Waals surface area contributed by atoms with E-state index < -0.39 is 0 Å². The maximum Gasteiger partial charge on any atom is 0.146 e. The highest BCUT2D eigenvalue weighted by atomic mass is 19.1. The van der Waals surface area contributed by atoms with Gasteiger partial charge in [0.15, 0.2) is 0 Å². The van der Waals surface area contributed by atoms with Gasteiger partial charge in [0.25, 0.3) is 0 Å². The predicted molar refractivity (Wildman–Crippen MR) is 82.5 cm³/mol. The maximum absolute atomic E-state index is 13.9.